The van der Waals surface area contributed by atoms with Gasteiger partial charge in [-0.3, -0.25) is 4.79 Å². The monoisotopic (exact) mass is 301 g/mol. The van der Waals surface area contributed by atoms with E-state index < -0.39 is 6.04 Å². The highest BCUT2D eigenvalue weighted by atomic mass is 16.3. The first-order valence-corrected chi connectivity index (χ1v) is 7.29. The van der Waals surface area contributed by atoms with Crippen molar-refractivity contribution in [1.82, 2.24) is 19.7 Å². The third-order valence-electron chi connectivity index (χ3n) is 3.92. The molecule has 7 nitrogen and oxygen atoms in total. The average molecular weight is 301 g/mol. The van der Waals surface area contributed by atoms with E-state index in [0.717, 1.165) is 11.4 Å². The number of fused-ring (bicyclic) bond motifs is 1. The minimum atomic E-state index is -0.884. The molecule has 0 unspecified atom stereocenters. The number of carbonyl (C=O) groups excluding carboxylic acids is 1. The van der Waals surface area contributed by atoms with Gasteiger partial charge in [-0.2, -0.15) is 5.10 Å². The number of amides is 1. The van der Waals surface area contributed by atoms with Crippen LogP contribution in [0.25, 0.3) is 11.4 Å². The van der Waals surface area contributed by atoms with Crippen LogP contribution in [0.15, 0.2) is 30.3 Å². The van der Waals surface area contributed by atoms with Crippen LogP contribution in [0.2, 0.25) is 0 Å². The van der Waals surface area contributed by atoms with Crippen molar-refractivity contribution in [3.8, 4) is 11.4 Å². The van der Waals surface area contributed by atoms with Crippen molar-refractivity contribution < 1.29 is 9.90 Å². The van der Waals surface area contributed by atoms with Crippen LogP contribution in [0, 0.1) is 0 Å². The van der Waals surface area contributed by atoms with E-state index >= 15 is 0 Å². The molecule has 1 amide bonds. The van der Waals surface area contributed by atoms with Crippen LogP contribution >= 0.6 is 0 Å². The first kappa shape index (κ1) is 14.7. The van der Waals surface area contributed by atoms with E-state index in [1.165, 1.54) is 0 Å². The average Bonchev–Trinajstić information content (AvgIpc) is 3.00. The molecule has 1 aromatic carbocycles. The Morgan fingerprint density at radius 2 is 2.14 bits per heavy atom. The molecule has 2 aromatic rings. The molecule has 0 bridgehead atoms. The summed E-state index contributed by atoms with van der Waals surface area (Å²) in [5, 5.41) is 13.6. The van der Waals surface area contributed by atoms with Gasteiger partial charge in [0.1, 0.15) is 11.9 Å². The molecule has 0 radical (unpaired) electrons. The first-order valence-electron chi connectivity index (χ1n) is 7.29. The third-order valence-corrected chi connectivity index (χ3v) is 3.92. The van der Waals surface area contributed by atoms with Crippen LogP contribution in [0.3, 0.4) is 0 Å². The lowest BCUT2D eigenvalue weighted by molar-refractivity contribution is -0.136. The van der Waals surface area contributed by atoms with E-state index in [2.05, 4.69) is 10.1 Å². The number of aliphatic hydroxyl groups excluding tert-OH is 1. The number of carbonyl (C=O) groups is 1. The normalized spacial score (nSPS) is 18.9. The molecule has 7 heteroatoms. The lowest BCUT2D eigenvalue weighted by atomic mass is 10.1. The molecule has 3 N–H and O–H groups in total. The highest BCUT2D eigenvalue weighted by Gasteiger charge is 2.32. The van der Waals surface area contributed by atoms with Gasteiger partial charge in [0, 0.05) is 12.1 Å². The van der Waals surface area contributed by atoms with Crippen LogP contribution in [0.5, 0.6) is 0 Å². The molecule has 1 aliphatic heterocycles. The first-order chi connectivity index (χ1) is 10.6. The maximum absolute atomic E-state index is 12.2. The summed E-state index contributed by atoms with van der Waals surface area (Å²) in [6.45, 7) is 2.63. The highest BCUT2D eigenvalue weighted by Crippen LogP contribution is 2.26. The van der Waals surface area contributed by atoms with Gasteiger partial charge in [-0.25, -0.2) is 9.67 Å². The highest BCUT2D eigenvalue weighted by molar-refractivity contribution is 5.82. The van der Waals surface area contributed by atoms with E-state index in [1.807, 2.05) is 41.9 Å². The Kier molecular flexibility index (Phi) is 3.91. The van der Waals surface area contributed by atoms with Gasteiger partial charge in [-0.15, -0.1) is 0 Å². The fourth-order valence-electron chi connectivity index (χ4n) is 2.66. The second kappa shape index (κ2) is 5.86. The Labute approximate surface area is 128 Å². The van der Waals surface area contributed by atoms with Crippen molar-refractivity contribution in [1.29, 1.82) is 0 Å². The molecule has 0 aliphatic carbocycles. The molecule has 2 atom stereocenters. The summed E-state index contributed by atoms with van der Waals surface area (Å²) in [5.74, 6) is 1.14. The zero-order valence-corrected chi connectivity index (χ0v) is 12.4. The van der Waals surface area contributed by atoms with Gasteiger partial charge < -0.3 is 15.7 Å². The predicted molar refractivity (Wildman–Crippen MR) is 80.6 cm³/mol. The summed E-state index contributed by atoms with van der Waals surface area (Å²) in [7, 11) is 0. The summed E-state index contributed by atoms with van der Waals surface area (Å²) in [4.78, 5) is 18.4. The van der Waals surface area contributed by atoms with Gasteiger partial charge in [-0.05, 0) is 6.92 Å². The van der Waals surface area contributed by atoms with Crippen LogP contribution < -0.4 is 5.73 Å². The van der Waals surface area contributed by atoms with Crippen LogP contribution in [-0.2, 0) is 11.3 Å². The summed E-state index contributed by atoms with van der Waals surface area (Å²) in [5.41, 5.74) is 6.59. The number of rotatable bonds is 3. The van der Waals surface area contributed by atoms with Crippen molar-refractivity contribution in [3.63, 3.8) is 0 Å². The molecule has 116 valence electrons. The zero-order chi connectivity index (χ0) is 15.7. The minimum absolute atomic E-state index is 0.219. The van der Waals surface area contributed by atoms with Gasteiger partial charge in [-0.1, -0.05) is 30.3 Å². The number of aliphatic hydroxyl groups is 1. The number of benzene rings is 1. The summed E-state index contributed by atoms with van der Waals surface area (Å²) in [6, 6.07) is 8.63. The summed E-state index contributed by atoms with van der Waals surface area (Å²) >= 11 is 0. The molecular formula is C15H19N5O2. The lowest BCUT2D eigenvalue weighted by Gasteiger charge is -2.34. The predicted octanol–water partition coefficient (Wildman–Crippen LogP) is 0.168. The van der Waals surface area contributed by atoms with Gasteiger partial charge in [0.15, 0.2) is 5.82 Å². The van der Waals surface area contributed by atoms with Crippen molar-refractivity contribution in [3.05, 3.63) is 36.2 Å². The number of hydrogen-bond donors (Lipinski definition) is 2. The fraction of sp³-hybridized carbons (Fsp3) is 0.400. The molecule has 0 saturated carbocycles. The van der Waals surface area contributed by atoms with Crippen molar-refractivity contribution >= 4 is 5.91 Å². The molecule has 0 fully saturated rings. The summed E-state index contributed by atoms with van der Waals surface area (Å²) in [6.07, 6.45) is 0. The topological polar surface area (TPSA) is 97.3 Å². The standard InChI is InChI=1S/C15H19N5O2/c1-10-14-17-13(11-5-3-2-4-6-11)18-20(14)8-7-19(10)15(22)12(16)9-21/h2-6,10,12,21H,7-9,16H2,1H3/t10-,12-/m0/s1. The van der Waals surface area contributed by atoms with E-state index in [-0.39, 0.29) is 18.6 Å². The smallest absolute Gasteiger partial charge is 0.242 e. The van der Waals surface area contributed by atoms with Crippen molar-refractivity contribution in [2.45, 2.75) is 25.6 Å². The lowest BCUT2D eigenvalue weighted by Crippen LogP contribution is -2.50. The maximum atomic E-state index is 12.2. The van der Waals surface area contributed by atoms with E-state index in [1.54, 1.807) is 4.90 Å². The van der Waals surface area contributed by atoms with E-state index in [0.29, 0.717) is 18.9 Å². The fourth-order valence-corrected chi connectivity index (χ4v) is 2.66. The molecule has 0 saturated heterocycles. The quantitative estimate of drug-likeness (QED) is 0.842. The maximum Gasteiger partial charge on any atom is 0.242 e. The molecule has 1 aliphatic rings. The van der Waals surface area contributed by atoms with Crippen LogP contribution in [-0.4, -0.2) is 49.9 Å². The number of hydrogen-bond acceptors (Lipinski definition) is 5. The minimum Gasteiger partial charge on any atom is -0.394 e. The van der Waals surface area contributed by atoms with Gasteiger partial charge >= 0.3 is 0 Å². The van der Waals surface area contributed by atoms with Gasteiger partial charge in [0.2, 0.25) is 5.91 Å². The van der Waals surface area contributed by atoms with Gasteiger partial charge in [0.05, 0.1) is 19.2 Å². The molecule has 22 heavy (non-hydrogen) atoms. The molecule has 2 heterocycles. The van der Waals surface area contributed by atoms with Crippen LogP contribution in [0.4, 0.5) is 0 Å². The Morgan fingerprint density at radius 1 is 1.41 bits per heavy atom. The van der Waals surface area contributed by atoms with E-state index in [4.69, 9.17) is 10.8 Å². The van der Waals surface area contributed by atoms with Crippen molar-refractivity contribution in [2.75, 3.05) is 13.2 Å². The number of nitrogens with two attached hydrogens (primary N) is 1. The second-order valence-electron chi connectivity index (χ2n) is 5.38. The summed E-state index contributed by atoms with van der Waals surface area (Å²) < 4.78 is 1.83. The van der Waals surface area contributed by atoms with Gasteiger partial charge in [0.25, 0.3) is 0 Å². The third kappa shape index (κ3) is 2.49. The van der Waals surface area contributed by atoms with E-state index in [9.17, 15) is 4.79 Å². The number of aromatic nitrogens is 3. The van der Waals surface area contributed by atoms with Crippen LogP contribution in [0.1, 0.15) is 18.8 Å². The molecule has 0 spiro atoms. The number of nitrogens with zero attached hydrogens (tertiary/aromatic N) is 4. The van der Waals surface area contributed by atoms with Crippen molar-refractivity contribution in [2.24, 2.45) is 5.73 Å². The Morgan fingerprint density at radius 3 is 2.82 bits per heavy atom. The molecule has 1 aromatic heterocycles. The second-order valence-corrected chi connectivity index (χ2v) is 5.38. The Balaban J connectivity index is 1.89. The Hall–Kier alpha value is -2.25. The molecule has 3 rings (SSSR count). The SMILES string of the molecule is C[C@H]1c2nc(-c3ccccc3)nn2CCN1C(=O)[C@@H](N)CO. The zero-order valence-electron chi connectivity index (χ0n) is 12.4. The molecular weight excluding hydrogens is 282 g/mol. The Bertz CT molecular complexity index is 670. The largest absolute Gasteiger partial charge is 0.394 e.